The fourth-order valence-electron chi connectivity index (χ4n) is 2.58. The predicted octanol–water partition coefficient (Wildman–Crippen LogP) is 5.93. The van der Waals surface area contributed by atoms with Gasteiger partial charge in [-0.05, 0) is 17.5 Å². The van der Waals surface area contributed by atoms with Crippen molar-refractivity contribution in [1.29, 1.82) is 0 Å². The topological polar surface area (TPSA) is 26.3 Å². The van der Waals surface area contributed by atoms with Crippen molar-refractivity contribution in [2.24, 2.45) is 0 Å². The average Bonchev–Trinajstić information content (AvgIpc) is 2.93. The van der Waals surface area contributed by atoms with Gasteiger partial charge in [-0.25, -0.2) is 4.79 Å². The molecule has 2 nitrogen and oxygen atoms in total. The summed E-state index contributed by atoms with van der Waals surface area (Å²) in [5.41, 5.74) is 0. The van der Waals surface area contributed by atoms with Gasteiger partial charge in [0.2, 0.25) is 0 Å². The standard InChI is InChI=1S/C19H11ClO2S/c20-17-14-9-3-4-11-16(14)23-18(17)19(21)22-15-10-5-7-12-6-1-2-8-13(12)15/h1-11H. The van der Waals surface area contributed by atoms with Crippen molar-refractivity contribution in [3.05, 3.63) is 76.6 Å². The van der Waals surface area contributed by atoms with Crippen LogP contribution in [0.25, 0.3) is 20.9 Å². The molecule has 4 heteroatoms. The second kappa shape index (κ2) is 5.69. The molecular formula is C19H11ClO2S. The normalized spacial score (nSPS) is 11.0. The largest absolute Gasteiger partial charge is 0.422 e. The molecule has 0 radical (unpaired) electrons. The van der Waals surface area contributed by atoms with Crippen LogP contribution in [0, 0.1) is 0 Å². The van der Waals surface area contributed by atoms with Gasteiger partial charge >= 0.3 is 5.97 Å². The highest BCUT2D eigenvalue weighted by atomic mass is 35.5. The van der Waals surface area contributed by atoms with E-state index in [1.165, 1.54) is 11.3 Å². The number of esters is 1. The molecule has 0 atom stereocenters. The molecule has 4 aromatic rings. The molecule has 0 amide bonds. The molecule has 4 rings (SSSR count). The number of benzene rings is 3. The Morgan fingerprint density at radius 3 is 2.39 bits per heavy atom. The minimum absolute atomic E-state index is 0.424. The molecule has 3 aromatic carbocycles. The summed E-state index contributed by atoms with van der Waals surface area (Å²) in [5, 5.41) is 3.26. The van der Waals surface area contributed by atoms with Crippen LogP contribution in [0.5, 0.6) is 5.75 Å². The van der Waals surface area contributed by atoms with Gasteiger partial charge in [-0.1, -0.05) is 66.2 Å². The maximum Gasteiger partial charge on any atom is 0.355 e. The first kappa shape index (κ1) is 14.2. The number of hydrogen-bond donors (Lipinski definition) is 0. The van der Waals surface area contributed by atoms with Gasteiger partial charge in [0.1, 0.15) is 10.6 Å². The van der Waals surface area contributed by atoms with E-state index in [1.807, 2.05) is 60.7 Å². The monoisotopic (exact) mass is 338 g/mol. The van der Waals surface area contributed by atoms with E-state index in [2.05, 4.69) is 0 Å². The van der Waals surface area contributed by atoms with Crippen molar-refractivity contribution in [2.75, 3.05) is 0 Å². The highest BCUT2D eigenvalue weighted by Gasteiger charge is 2.19. The summed E-state index contributed by atoms with van der Waals surface area (Å²) in [6, 6.07) is 21.1. The number of ether oxygens (including phenoxy) is 1. The Labute approximate surface area is 141 Å². The lowest BCUT2D eigenvalue weighted by atomic mass is 10.1. The van der Waals surface area contributed by atoms with Gasteiger partial charge in [-0.15, -0.1) is 11.3 Å². The van der Waals surface area contributed by atoms with Gasteiger partial charge in [0.05, 0.1) is 5.02 Å². The van der Waals surface area contributed by atoms with Crippen LogP contribution in [0.4, 0.5) is 0 Å². The molecule has 0 aliphatic heterocycles. The minimum Gasteiger partial charge on any atom is -0.422 e. The van der Waals surface area contributed by atoms with Gasteiger partial charge in [0.15, 0.2) is 0 Å². The second-order valence-electron chi connectivity index (χ2n) is 5.11. The first-order valence-electron chi connectivity index (χ1n) is 7.11. The Kier molecular flexibility index (Phi) is 3.52. The van der Waals surface area contributed by atoms with E-state index in [1.54, 1.807) is 6.07 Å². The van der Waals surface area contributed by atoms with Gasteiger partial charge in [0.25, 0.3) is 0 Å². The van der Waals surface area contributed by atoms with Crippen LogP contribution in [0.3, 0.4) is 0 Å². The molecule has 0 saturated carbocycles. The van der Waals surface area contributed by atoms with Crippen molar-refractivity contribution in [3.8, 4) is 5.75 Å². The molecule has 0 bridgehead atoms. The zero-order valence-electron chi connectivity index (χ0n) is 12.0. The van der Waals surface area contributed by atoms with E-state index in [0.29, 0.717) is 15.6 Å². The van der Waals surface area contributed by atoms with Crippen molar-refractivity contribution >= 4 is 49.8 Å². The fourth-order valence-corrected chi connectivity index (χ4v) is 3.96. The van der Waals surface area contributed by atoms with Gasteiger partial charge in [-0.2, -0.15) is 0 Å². The lowest BCUT2D eigenvalue weighted by Gasteiger charge is -2.06. The van der Waals surface area contributed by atoms with Crippen molar-refractivity contribution in [3.63, 3.8) is 0 Å². The van der Waals surface area contributed by atoms with E-state index in [4.69, 9.17) is 16.3 Å². The third-order valence-corrected chi connectivity index (χ3v) is 5.33. The molecule has 0 fully saturated rings. The van der Waals surface area contributed by atoms with Gasteiger partial charge in [-0.3, -0.25) is 0 Å². The van der Waals surface area contributed by atoms with Crippen LogP contribution < -0.4 is 4.74 Å². The number of hydrogen-bond acceptors (Lipinski definition) is 3. The molecule has 1 aromatic heterocycles. The summed E-state index contributed by atoms with van der Waals surface area (Å²) in [4.78, 5) is 13.0. The Morgan fingerprint density at radius 2 is 1.57 bits per heavy atom. The molecule has 0 N–H and O–H groups in total. The van der Waals surface area contributed by atoms with Crippen molar-refractivity contribution < 1.29 is 9.53 Å². The summed E-state index contributed by atoms with van der Waals surface area (Å²) in [5.74, 6) is 0.120. The van der Waals surface area contributed by atoms with Crippen LogP contribution in [0.15, 0.2) is 66.7 Å². The smallest absolute Gasteiger partial charge is 0.355 e. The third kappa shape index (κ3) is 2.48. The summed E-state index contributed by atoms with van der Waals surface area (Å²) >= 11 is 7.70. The number of carbonyl (C=O) groups excluding carboxylic acids is 1. The van der Waals surface area contributed by atoms with Gasteiger partial charge < -0.3 is 4.74 Å². The highest BCUT2D eigenvalue weighted by Crippen LogP contribution is 2.36. The molecule has 0 unspecified atom stereocenters. The van der Waals surface area contributed by atoms with Crippen LogP contribution in [-0.4, -0.2) is 5.97 Å². The van der Waals surface area contributed by atoms with Crippen molar-refractivity contribution in [2.45, 2.75) is 0 Å². The minimum atomic E-state index is -0.424. The molecular weight excluding hydrogens is 328 g/mol. The van der Waals surface area contributed by atoms with Crippen molar-refractivity contribution in [1.82, 2.24) is 0 Å². The number of rotatable bonds is 2. The lowest BCUT2D eigenvalue weighted by Crippen LogP contribution is -2.07. The molecule has 112 valence electrons. The lowest BCUT2D eigenvalue weighted by molar-refractivity contribution is 0.0742. The highest BCUT2D eigenvalue weighted by molar-refractivity contribution is 7.21. The van der Waals surface area contributed by atoms with Crippen LogP contribution >= 0.6 is 22.9 Å². The predicted molar refractivity (Wildman–Crippen MR) is 95.7 cm³/mol. The van der Waals surface area contributed by atoms with E-state index in [0.717, 1.165) is 20.9 Å². The molecule has 1 heterocycles. The zero-order chi connectivity index (χ0) is 15.8. The number of fused-ring (bicyclic) bond motifs is 2. The van der Waals surface area contributed by atoms with E-state index in [9.17, 15) is 4.79 Å². The quantitative estimate of drug-likeness (QED) is 0.334. The van der Waals surface area contributed by atoms with Crippen LogP contribution in [0.2, 0.25) is 5.02 Å². The first-order chi connectivity index (χ1) is 11.2. The maximum absolute atomic E-state index is 12.6. The van der Waals surface area contributed by atoms with E-state index in [-0.39, 0.29) is 0 Å². The summed E-state index contributed by atoms with van der Waals surface area (Å²) in [6.45, 7) is 0. The fraction of sp³-hybridized carbons (Fsp3) is 0. The Bertz CT molecular complexity index is 1030. The summed E-state index contributed by atoms with van der Waals surface area (Å²) in [7, 11) is 0. The number of carbonyl (C=O) groups is 1. The SMILES string of the molecule is O=C(Oc1cccc2ccccc12)c1sc2ccccc2c1Cl. The first-order valence-corrected chi connectivity index (χ1v) is 8.30. The molecule has 0 aliphatic rings. The summed E-state index contributed by atoms with van der Waals surface area (Å²) < 4.78 is 6.59. The molecule has 23 heavy (non-hydrogen) atoms. The summed E-state index contributed by atoms with van der Waals surface area (Å²) in [6.07, 6.45) is 0. The van der Waals surface area contributed by atoms with E-state index < -0.39 is 5.97 Å². The van der Waals surface area contributed by atoms with E-state index >= 15 is 0 Å². The number of thiophene rings is 1. The number of halogens is 1. The Morgan fingerprint density at radius 1 is 0.870 bits per heavy atom. The molecule has 0 aliphatic carbocycles. The molecule has 0 saturated heterocycles. The van der Waals surface area contributed by atoms with Crippen LogP contribution in [0.1, 0.15) is 9.67 Å². The Balaban J connectivity index is 1.75. The Hall–Kier alpha value is -2.36. The molecule has 0 spiro atoms. The zero-order valence-corrected chi connectivity index (χ0v) is 13.5. The third-order valence-electron chi connectivity index (χ3n) is 3.67. The van der Waals surface area contributed by atoms with Crippen LogP contribution in [-0.2, 0) is 0 Å². The average molecular weight is 339 g/mol. The maximum atomic E-state index is 12.6. The van der Waals surface area contributed by atoms with Gasteiger partial charge in [0, 0.05) is 15.5 Å². The second-order valence-corrected chi connectivity index (χ2v) is 6.54.